The average molecular weight is 494 g/mol. The van der Waals surface area contributed by atoms with Crippen LogP contribution in [0.5, 0.6) is 5.75 Å². The first-order valence-corrected chi connectivity index (χ1v) is 12.3. The summed E-state index contributed by atoms with van der Waals surface area (Å²) < 4.78 is 16.9. The fourth-order valence-electron chi connectivity index (χ4n) is 3.56. The monoisotopic (exact) mass is 493 g/mol. The molecule has 1 aliphatic rings. The second-order valence-corrected chi connectivity index (χ2v) is 9.46. The number of rotatable bonds is 13. The van der Waals surface area contributed by atoms with Crippen molar-refractivity contribution in [3.05, 3.63) is 65.5 Å². The predicted molar refractivity (Wildman–Crippen MR) is 138 cm³/mol. The number of aliphatic hydroxyl groups is 2. The van der Waals surface area contributed by atoms with Crippen LogP contribution >= 0.6 is 11.6 Å². The molecule has 1 aliphatic heterocycles. The molecule has 34 heavy (non-hydrogen) atoms. The lowest BCUT2D eigenvalue weighted by atomic mass is 9.77. The summed E-state index contributed by atoms with van der Waals surface area (Å²) in [5.41, 5.74) is 2.70. The Hall–Kier alpha value is -1.83. The zero-order valence-corrected chi connectivity index (χ0v) is 21.7. The minimum atomic E-state index is -0.689. The molecule has 2 unspecified atom stereocenters. The van der Waals surface area contributed by atoms with Gasteiger partial charge in [0.15, 0.2) is 0 Å². The van der Waals surface area contributed by atoms with E-state index < -0.39 is 12.2 Å². The first kappa shape index (κ1) is 28.4. The Morgan fingerprint density at radius 1 is 1.21 bits per heavy atom. The van der Waals surface area contributed by atoms with E-state index in [9.17, 15) is 10.2 Å². The normalized spacial score (nSPS) is 17.6. The van der Waals surface area contributed by atoms with Crippen molar-refractivity contribution < 1.29 is 24.4 Å². The third-order valence-electron chi connectivity index (χ3n) is 6.06. The van der Waals surface area contributed by atoms with Crippen LogP contribution in [-0.4, -0.2) is 79.3 Å². The molecule has 1 heterocycles. The maximum absolute atomic E-state index is 10.3. The number of halogens is 1. The molecule has 2 N–H and O–H groups in total. The van der Waals surface area contributed by atoms with Gasteiger partial charge in [0.05, 0.1) is 19.1 Å². The van der Waals surface area contributed by atoms with Gasteiger partial charge in [0.2, 0.25) is 0 Å². The number of allylic oxidation sites excluding steroid dienone is 4. The summed E-state index contributed by atoms with van der Waals surface area (Å²) in [7, 11) is 0. The molecule has 0 saturated carbocycles. The summed E-state index contributed by atoms with van der Waals surface area (Å²) in [5.74, 6) is 1.56. The molecule has 2 atom stereocenters. The molecule has 1 aromatic rings. The molecule has 0 radical (unpaired) electrons. The fourth-order valence-corrected chi connectivity index (χ4v) is 3.65. The Morgan fingerprint density at radius 2 is 1.91 bits per heavy atom. The zero-order chi connectivity index (χ0) is 25.1. The molecular weight excluding hydrogens is 454 g/mol. The minimum Gasteiger partial charge on any atom is -0.491 e. The molecule has 6 nitrogen and oxygen atoms in total. The van der Waals surface area contributed by atoms with Crippen molar-refractivity contribution in [1.29, 1.82) is 0 Å². The molecule has 0 spiro atoms. The summed E-state index contributed by atoms with van der Waals surface area (Å²) in [4.78, 5) is 2.19. The van der Waals surface area contributed by atoms with Crippen LogP contribution in [0.25, 0.3) is 0 Å². The molecule has 0 aromatic heterocycles. The summed E-state index contributed by atoms with van der Waals surface area (Å²) in [5, 5.41) is 19.9. The Kier molecular flexibility index (Phi) is 11.6. The first-order chi connectivity index (χ1) is 16.2. The summed E-state index contributed by atoms with van der Waals surface area (Å²) in [6.07, 6.45) is 4.48. The van der Waals surface area contributed by atoms with Crippen molar-refractivity contribution in [3.8, 4) is 5.75 Å². The van der Waals surface area contributed by atoms with Crippen LogP contribution in [0, 0.1) is 6.92 Å². The lowest BCUT2D eigenvalue weighted by Crippen LogP contribution is -2.42. The Morgan fingerprint density at radius 3 is 2.53 bits per heavy atom. The highest BCUT2D eigenvalue weighted by molar-refractivity contribution is 6.18. The topological polar surface area (TPSA) is 71.4 Å². The number of hydrogen-bond donors (Lipinski definition) is 2. The van der Waals surface area contributed by atoms with Gasteiger partial charge in [-0.25, -0.2) is 0 Å². The first-order valence-electron chi connectivity index (χ1n) is 11.8. The second-order valence-electron chi connectivity index (χ2n) is 9.15. The molecular formula is C27H40ClNO5. The second kappa shape index (κ2) is 13.9. The molecule has 7 heteroatoms. The third-order valence-corrected chi connectivity index (χ3v) is 6.41. The maximum atomic E-state index is 10.3. The van der Waals surface area contributed by atoms with E-state index >= 15 is 0 Å². The lowest BCUT2D eigenvalue weighted by Gasteiger charge is -2.28. The van der Waals surface area contributed by atoms with Gasteiger partial charge in [-0.2, -0.15) is 0 Å². The molecule has 190 valence electrons. The Labute approximate surface area is 209 Å². The van der Waals surface area contributed by atoms with E-state index in [1.54, 1.807) is 0 Å². The van der Waals surface area contributed by atoms with Crippen molar-refractivity contribution in [2.75, 3.05) is 51.9 Å². The van der Waals surface area contributed by atoms with E-state index in [0.717, 1.165) is 35.5 Å². The number of aliphatic hydroxyl groups excluding tert-OH is 2. The zero-order valence-electron chi connectivity index (χ0n) is 20.9. The Bertz CT molecular complexity index is 845. The van der Waals surface area contributed by atoms with Gasteiger partial charge in [0.1, 0.15) is 36.9 Å². The number of aryl methyl sites for hydroxylation is 1. The van der Waals surface area contributed by atoms with Crippen LogP contribution in [0.3, 0.4) is 0 Å². The van der Waals surface area contributed by atoms with E-state index in [1.807, 2.05) is 44.2 Å². The van der Waals surface area contributed by atoms with Crippen LogP contribution in [0.1, 0.15) is 31.9 Å². The molecule has 2 rings (SSSR count). The molecule has 1 fully saturated rings. The van der Waals surface area contributed by atoms with Gasteiger partial charge < -0.3 is 24.4 Å². The third kappa shape index (κ3) is 8.75. The maximum Gasteiger partial charge on any atom is 0.122 e. The molecule has 1 aromatic carbocycles. The van der Waals surface area contributed by atoms with Gasteiger partial charge in [-0.05, 0) is 48.8 Å². The van der Waals surface area contributed by atoms with E-state index in [-0.39, 0.29) is 24.5 Å². The fraction of sp³-hybridized carbons (Fsp3) is 0.556. The van der Waals surface area contributed by atoms with E-state index in [1.165, 1.54) is 0 Å². The van der Waals surface area contributed by atoms with Gasteiger partial charge in [0.25, 0.3) is 0 Å². The van der Waals surface area contributed by atoms with Crippen LogP contribution < -0.4 is 4.74 Å². The van der Waals surface area contributed by atoms with Crippen molar-refractivity contribution in [2.45, 2.75) is 45.3 Å². The summed E-state index contributed by atoms with van der Waals surface area (Å²) in [6.45, 7) is 16.5. The number of morpholine rings is 1. The highest BCUT2D eigenvalue weighted by atomic mass is 35.5. The number of benzene rings is 1. The molecule has 1 saturated heterocycles. The summed E-state index contributed by atoms with van der Waals surface area (Å²) >= 11 is 5.64. The van der Waals surface area contributed by atoms with Crippen molar-refractivity contribution in [2.24, 2.45) is 0 Å². The number of hydrogen-bond acceptors (Lipinski definition) is 6. The quantitative estimate of drug-likeness (QED) is 0.246. The Balaban J connectivity index is 1.93. The number of nitrogens with zero attached hydrogens (tertiary/aromatic N) is 1. The average Bonchev–Trinajstić information content (AvgIpc) is 2.83. The minimum absolute atomic E-state index is 0.140. The number of β-amino-alcohol motifs (C(OH)–C–C–N with tert-alkyl or cyclic N) is 1. The lowest BCUT2D eigenvalue weighted by molar-refractivity contribution is -0.00233. The highest BCUT2D eigenvalue weighted by Crippen LogP contribution is 2.34. The number of alkyl halides is 1. The number of ether oxygens (including phenoxy) is 3. The van der Waals surface area contributed by atoms with Crippen molar-refractivity contribution >= 4 is 11.6 Å². The van der Waals surface area contributed by atoms with Crippen molar-refractivity contribution in [3.63, 3.8) is 0 Å². The van der Waals surface area contributed by atoms with E-state index in [0.29, 0.717) is 25.5 Å². The highest BCUT2D eigenvalue weighted by Gasteiger charge is 2.24. The SMILES string of the molecule is C=C(/C=C\C(=C/C)OCC(O)CN1CCOCC1)C(C)(C)c1ccc(OCC(O)CCl)c(C)c1. The van der Waals surface area contributed by atoms with E-state index in [4.69, 9.17) is 25.8 Å². The van der Waals surface area contributed by atoms with Crippen LogP contribution in [0.15, 0.2) is 54.3 Å². The van der Waals surface area contributed by atoms with Crippen LogP contribution in [-0.2, 0) is 14.9 Å². The molecule has 0 bridgehead atoms. The van der Waals surface area contributed by atoms with Gasteiger partial charge in [0, 0.05) is 25.0 Å². The van der Waals surface area contributed by atoms with Crippen LogP contribution in [0.2, 0.25) is 0 Å². The smallest absolute Gasteiger partial charge is 0.122 e. The molecule has 0 aliphatic carbocycles. The van der Waals surface area contributed by atoms with E-state index in [2.05, 4.69) is 31.4 Å². The van der Waals surface area contributed by atoms with Crippen LogP contribution in [0.4, 0.5) is 0 Å². The van der Waals surface area contributed by atoms with Gasteiger partial charge in [-0.15, -0.1) is 11.6 Å². The summed E-state index contributed by atoms with van der Waals surface area (Å²) in [6, 6.07) is 6.01. The van der Waals surface area contributed by atoms with Gasteiger partial charge in [-0.1, -0.05) is 38.6 Å². The predicted octanol–water partition coefficient (Wildman–Crippen LogP) is 3.98. The standard InChI is InChI=1S/C27H40ClNO5/c1-6-25(33-19-24(31)17-29-11-13-32-14-12-29)9-7-21(3)27(4,5)22-8-10-26(20(2)15-22)34-18-23(30)16-28/h6-10,15,23-24,30-31H,3,11-14,16-19H2,1-2,4-5H3/b9-7-,25-6+. The van der Waals surface area contributed by atoms with Crippen molar-refractivity contribution in [1.82, 2.24) is 4.90 Å². The van der Waals surface area contributed by atoms with Gasteiger partial charge >= 0.3 is 0 Å². The largest absolute Gasteiger partial charge is 0.491 e. The van der Waals surface area contributed by atoms with Gasteiger partial charge in [-0.3, -0.25) is 4.90 Å². The molecule has 0 amide bonds.